The van der Waals surface area contributed by atoms with E-state index < -0.39 is 10.0 Å². The summed E-state index contributed by atoms with van der Waals surface area (Å²) < 4.78 is 30.7. The molecule has 1 heterocycles. The lowest BCUT2D eigenvalue weighted by molar-refractivity contribution is -0.132. The topological polar surface area (TPSA) is 105 Å². The fourth-order valence-corrected chi connectivity index (χ4v) is 3.77. The second kappa shape index (κ2) is 9.62. The number of rotatable bonds is 8. The first-order valence-corrected chi connectivity index (χ1v) is 11.5. The standard InChI is InChI=1S/C21H25N3O5S/c1-30(27,28)23-18-8-4-6-16(12-18)13-20(25)22-17-7-5-9-19(14-17)29-15-21(26)24-10-2-3-11-24/h4-9,12,14,23H,2-3,10-11,13,15H2,1H3,(H,22,25). The smallest absolute Gasteiger partial charge is 0.260 e. The van der Waals surface area contributed by atoms with Crippen molar-refractivity contribution < 1.29 is 22.7 Å². The second-order valence-electron chi connectivity index (χ2n) is 7.20. The maximum absolute atomic E-state index is 12.4. The molecule has 0 saturated carbocycles. The molecule has 9 heteroatoms. The van der Waals surface area contributed by atoms with Crippen LogP contribution in [0.1, 0.15) is 18.4 Å². The lowest BCUT2D eigenvalue weighted by Gasteiger charge is -2.15. The number of ether oxygens (including phenoxy) is 1. The van der Waals surface area contributed by atoms with E-state index >= 15 is 0 Å². The highest BCUT2D eigenvalue weighted by molar-refractivity contribution is 7.92. The lowest BCUT2D eigenvalue weighted by atomic mass is 10.1. The van der Waals surface area contributed by atoms with Crippen molar-refractivity contribution in [2.24, 2.45) is 0 Å². The van der Waals surface area contributed by atoms with Gasteiger partial charge in [0.1, 0.15) is 5.75 Å². The van der Waals surface area contributed by atoms with Crippen LogP contribution in [0.25, 0.3) is 0 Å². The fraction of sp³-hybridized carbons (Fsp3) is 0.333. The van der Waals surface area contributed by atoms with Gasteiger partial charge in [-0.3, -0.25) is 14.3 Å². The Labute approximate surface area is 176 Å². The summed E-state index contributed by atoms with van der Waals surface area (Å²) in [5, 5.41) is 2.79. The summed E-state index contributed by atoms with van der Waals surface area (Å²) >= 11 is 0. The Hall–Kier alpha value is -3.07. The van der Waals surface area contributed by atoms with Crippen LogP contribution in [0.5, 0.6) is 5.75 Å². The number of hydrogen-bond acceptors (Lipinski definition) is 5. The van der Waals surface area contributed by atoms with Crippen molar-refractivity contribution in [1.29, 1.82) is 0 Å². The Morgan fingerprint density at radius 2 is 1.73 bits per heavy atom. The molecule has 0 spiro atoms. The van der Waals surface area contributed by atoms with Gasteiger partial charge in [-0.05, 0) is 42.7 Å². The van der Waals surface area contributed by atoms with Crippen molar-refractivity contribution in [3.05, 3.63) is 54.1 Å². The molecule has 3 rings (SSSR count). The first-order valence-electron chi connectivity index (χ1n) is 9.66. The molecule has 2 aromatic rings. The van der Waals surface area contributed by atoms with E-state index in [0.717, 1.165) is 32.2 Å². The number of nitrogens with one attached hydrogen (secondary N) is 2. The molecule has 160 valence electrons. The van der Waals surface area contributed by atoms with E-state index in [1.165, 1.54) is 0 Å². The van der Waals surface area contributed by atoms with Crippen LogP contribution in [0.2, 0.25) is 0 Å². The Morgan fingerprint density at radius 3 is 2.47 bits per heavy atom. The van der Waals surface area contributed by atoms with Crippen LogP contribution in [0.15, 0.2) is 48.5 Å². The maximum atomic E-state index is 12.4. The van der Waals surface area contributed by atoms with Crippen molar-refractivity contribution in [2.75, 3.05) is 36.0 Å². The van der Waals surface area contributed by atoms with Gasteiger partial charge >= 0.3 is 0 Å². The summed E-state index contributed by atoms with van der Waals surface area (Å²) in [6.45, 7) is 1.52. The van der Waals surface area contributed by atoms with E-state index in [2.05, 4.69) is 10.0 Å². The van der Waals surface area contributed by atoms with E-state index in [9.17, 15) is 18.0 Å². The summed E-state index contributed by atoms with van der Waals surface area (Å²) in [5.74, 6) is 0.209. The predicted molar refractivity (Wildman–Crippen MR) is 115 cm³/mol. The Balaban J connectivity index is 1.54. The number of anilines is 2. The van der Waals surface area contributed by atoms with Gasteiger partial charge in [-0.25, -0.2) is 8.42 Å². The molecule has 0 bridgehead atoms. The Bertz CT molecular complexity index is 1020. The molecule has 1 saturated heterocycles. The van der Waals surface area contributed by atoms with Crippen LogP contribution in [0, 0.1) is 0 Å². The third kappa shape index (κ3) is 6.77. The maximum Gasteiger partial charge on any atom is 0.260 e. The van der Waals surface area contributed by atoms with Gasteiger partial charge in [0.25, 0.3) is 5.91 Å². The molecule has 2 aromatic carbocycles. The van der Waals surface area contributed by atoms with Crippen molar-refractivity contribution in [3.63, 3.8) is 0 Å². The third-order valence-electron chi connectivity index (χ3n) is 4.53. The molecule has 2 amide bonds. The summed E-state index contributed by atoms with van der Waals surface area (Å²) in [6, 6.07) is 13.5. The molecule has 0 radical (unpaired) electrons. The second-order valence-corrected chi connectivity index (χ2v) is 8.95. The molecule has 30 heavy (non-hydrogen) atoms. The minimum Gasteiger partial charge on any atom is -0.484 e. The summed E-state index contributed by atoms with van der Waals surface area (Å²) in [5.41, 5.74) is 1.63. The number of benzene rings is 2. The molecular formula is C21H25N3O5S. The summed E-state index contributed by atoms with van der Waals surface area (Å²) in [4.78, 5) is 26.3. The summed E-state index contributed by atoms with van der Waals surface area (Å²) in [6.07, 6.45) is 3.21. The summed E-state index contributed by atoms with van der Waals surface area (Å²) in [7, 11) is -3.38. The predicted octanol–water partition coefficient (Wildman–Crippen LogP) is 2.24. The highest BCUT2D eigenvalue weighted by Crippen LogP contribution is 2.19. The quantitative estimate of drug-likeness (QED) is 0.667. The lowest BCUT2D eigenvalue weighted by Crippen LogP contribution is -2.32. The number of hydrogen-bond donors (Lipinski definition) is 2. The largest absolute Gasteiger partial charge is 0.484 e. The number of carbonyl (C=O) groups is 2. The van der Waals surface area contributed by atoms with Crippen LogP contribution < -0.4 is 14.8 Å². The van der Waals surface area contributed by atoms with E-state index in [1.54, 1.807) is 53.4 Å². The molecule has 0 aliphatic carbocycles. The van der Waals surface area contributed by atoms with Crippen molar-refractivity contribution in [3.8, 4) is 5.75 Å². The van der Waals surface area contributed by atoms with Gasteiger partial charge in [0.05, 0.1) is 12.7 Å². The molecular weight excluding hydrogens is 406 g/mol. The fourth-order valence-electron chi connectivity index (χ4n) is 3.22. The van der Waals surface area contributed by atoms with Gasteiger partial charge in [-0.2, -0.15) is 0 Å². The van der Waals surface area contributed by atoms with Gasteiger partial charge in [0, 0.05) is 30.5 Å². The molecule has 0 unspecified atom stereocenters. The van der Waals surface area contributed by atoms with Crippen LogP contribution in [-0.2, 0) is 26.0 Å². The SMILES string of the molecule is CS(=O)(=O)Nc1cccc(CC(=O)Nc2cccc(OCC(=O)N3CCCC3)c2)c1. The van der Waals surface area contributed by atoms with Crippen molar-refractivity contribution in [1.82, 2.24) is 4.90 Å². The van der Waals surface area contributed by atoms with Crippen molar-refractivity contribution in [2.45, 2.75) is 19.3 Å². The zero-order valence-electron chi connectivity index (χ0n) is 16.8. The van der Waals surface area contributed by atoms with E-state index in [0.29, 0.717) is 22.7 Å². The average Bonchev–Trinajstić information content (AvgIpc) is 3.20. The Morgan fingerprint density at radius 1 is 1.03 bits per heavy atom. The molecule has 1 aliphatic heterocycles. The van der Waals surface area contributed by atoms with Crippen molar-refractivity contribution >= 4 is 33.2 Å². The first kappa shape index (κ1) is 21.6. The number of nitrogens with zero attached hydrogens (tertiary/aromatic N) is 1. The van der Waals surface area contributed by atoms with Gasteiger partial charge in [0.15, 0.2) is 6.61 Å². The number of sulfonamides is 1. The van der Waals surface area contributed by atoms with Gasteiger partial charge < -0.3 is 15.0 Å². The van der Waals surface area contributed by atoms with E-state index in [1.807, 2.05) is 0 Å². The van der Waals surface area contributed by atoms with E-state index in [4.69, 9.17) is 4.74 Å². The minimum atomic E-state index is -3.38. The van der Waals surface area contributed by atoms with Gasteiger partial charge in [-0.15, -0.1) is 0 Å². The van der Waals surface area contributed by atoms with Crippen LogP contribution in [0.3, 0.4) is 0 Å². The highest BCUT2D eigenvalue weighted by Gasteiger charge is 2.18. The zero-order valence-corrected chi connectivity index (χ0v) is 17.6. The van der Waals surface area contributed by atoms with E-state index in [-0.39, 0.29) is 24.8 Å². The van der Waals surface area contributed by atoms with Crippen LogP contribution in [0.4, 0.5) is 11.4 Å². The minimum absolute atomic E-state index is 0.0302. The third-order valence-corrected chi connectivity index (χ3v) is 5.14. The van der Waals surface area contributed by atoms with Gasteiger partial charge in [-0.1, -0.05) is 18.2 Å². The zero-order chi connectivity index (χ0) is 21.6. The number of likely N-dealkylation sites (tertiary alicyclic amines) is 1. The average molecular weight is 432 g/mol. The highest BCUT2D eigenvalue weighted by atomic mass is 32.2. The monoisotopic (exact) mass is 431 g/mol. The molecule has 0 atom stereocenters. The molecule has 0 aromatic heterocycles. The molecule has 1 aliphatic rings. The molecule has 1 fully saturated rings. The van der Waals surface area contributed by atoms with Gasteiger partial charge in [0.2, 0.25) is 15.9 Å². The molecule has 8 nitrogen and oxygen atoms in total. The van der Waals surface area contributed by atoms with Crippen LogP contribution in [-0.4, -0.2) is 51.1 Å². The van der Waals surface area contributed by atoms with Crippen LogP contribution >= 0.6 is 0 Å². The normalized spacial score (nSPS) is 13.7. The molecule has 2 N–H and O–H groups in total. The number of carbonyl (C=O) groups excluding carboxylic acids is 2. The Kier molecular flexibility index (Phi) is 6.94. The number of amides is 2. The first-order chi connectivity index (χ1) is 14.3.